The molecule has 3 aromatic rings. The van der Waals surface area contributed by atoms with Gasteiger partial charge in [0.05, 0.1) is 43.3 Å². The van der Waals surface area contributed by atoms with Crippen LogP contribution < -0.4 is 25.4 Å². The summed E-state index contributed by atoms with van der Waals surface area (Å²) in [5, 5.41) is 35.6. The number of carboxylic acid groups (broad SMARTS) is 3. The Bertz CT molecular complexity index is 2030. The first-order chi connectivity index (χ1) is 28.5. The number of amides is 4. The number of ether oxygens (including phenoxy) is 2. The minimum absolute atomic E-state index is 0.0750. The smallest absolute Gasteiger partial charge is 0.363 e. The van der Waals surface area contributed by atoms with Crippen molar-refractivity contribution in [3.8, 4) is 22.8 Å². The average molecular weight is 839 g/mol. The highest BCUT2D eigenvalue weighted by atomic mass is 16.7. The number of hydroxylamine groups is 2. The van der Waals surface area contributed by atoms with E-state index in [2.05, 4.69) is 16.0 Å². The molecule has 6 N–H and O–H groups in total. The van der Waals surface area contributed by atoms with Crippen molar-refractivity contribution in [1.29, 1.82) is 0 Å². The lowest BCUT2D eigenvalue weighted by molar-refractivity contribution is -0.171. The van der Waals surface area contributed by atoms with Gasteiger partial charge in [-0.2, -0.15) is 5.06 Å². The minimum Gasteiger partial charge on any atom is -0.497 e. The maximum Gasteiger partial charge on any atom is 0.363 e. The number of nitrogens with zero attached hydrogens (tertiary/aromatic N) is 1. The second-order valence-corrected chi connectivity index (χ2v) is 13.8. The predicted octanol–water partition coefficient (Wildman–Crippen LogP) is 4.21. The zero-order valence-corrected chi connectivity index (χ0v) is 33.9. The van der Waals surface area contributed by atoms with Crippen LogP contribution in [-0.4, -0.2) is 101 Å². The molecule has 19 heteroatoms. The van der Waals surface area contributed by atoms with E-state index < -0.39 is 72.6 Å². The van der Waals surface area contributed by atoms with E-state index in [4.69, 9.17) is 28.9 Å². The molecular weight excluding hydrogens is 788 g/mol. The zero-order chi connectivity index (χ0) is 44.5. The van der Waals surface area contributed by atoms with Crippen LogP contribution >= 0.6 is 0 Å². The molecule has 0 spiro atoms. The second kappa shape index (κ2) is 22.9. The normalized spacial score (nSPS) is 12.3. The van der Waals surface area contributed by atoms with E-state index in [0.717, 1.165) is 17.9 Å². The molecule has 2 aromatic carbocycles. The summed E-state index contributed by atoms with van der Waals surface area (Å²) in [6, 6.07) is 8.69. The molecule has 0 aliphatic rings. The standard InChI is InChI=1S/C41H50N4O15/c1-6-8-9-10-27(31(7-2)45(22-46)60-41(56)26-14-12-25(57-5)18-29(26)23(3)4)37(51)42-21-43-39(53)33-16-15-32(59-33)24-11-13-28(34(17-24)58-20-36(49)50)38(52)44-30(40(54)55)19-35(47)48/h11-18,22-23,27,30-31H,6-10,19-21H2,1-5H3,(H,42,51)(H,43,53)(H,44,52)(H,47,48)(H,49,50)(H,54,55). The molecule has 0 fully saturated rings. The number of carbonyl (C=O) groups is 8. The van der Waals surface area contributed by atoms with Crippen LogP contribution in [0.5, 0.6) is 11.5 Å². The highest BCUT2D eigenvalue weighted by molar-refractivity contribution is 6.00. The molecular formula is C41H50N4O15. The Morgan fingerprint density at radius 2 is 1.58 bits per heavy atom. The number of furan rings is 1. The lowest BCUT2D eigenvalue weighted by Crippen LogP contribution is -2.49. The van der Waals surface area contributed by atoms with Crippen molar-refractivity contribution in [2.45, 2.75) is 84.2 Å². The first-order valence-corrected chi connectivity index (χ1v) is 19.1. The molecule has 0 aliphatic carbocycles. The topological polar surface area (TPSA) is 277 Å². The van der Waals surface area contributed by atoms with Crippen LogP contribution in [-0.2, 0) is 28.8 Å². The van der Waals surface area contributed by atoms with E-state index in [0.29, 0.717) is 30.6 Å². The van der Waals surface area contributed by atoms with Gasteiger partial charge in [-0.3, -0.25) is 24.0 Å². The Balaban J connectivity index is 1.75. The number of carboxylic acids is 3. The number of hydrogen-bond acceptors (Lipinski definition) is 12. The lowest BCUT2D eigenvalue weighted by atomic mass is 9.90. The third-order valence-corrected chi connectivity index (χ3v) is 9.24. The molecule has 1 heterocycles. The Hall–Kier alpha value is -6.92. The molecule has 3 rings (SSSR count). The third kappa shape index (κ3) is 13.3. The van der Waals surface area contributed by atoms with Gasteiger partial charge in [0.1, 0.15) is 23.3 Å². The predicted molar refractivity (Wildman–Crippen MR) is 211 cm³/mol. The Morgan fingerprint density at radius 1 is 0.867 bits per heavy atom. The molecule has 0 radical (unpaired) electrons. The van der Waals surface area contributed by atoms with Crippen molar-refractivity contribution in [3.63, 3.8) is 0 Å². The molecule has 0 saturated carbocycles. The van der Waals surface area contributed by atoms with E-state index >= 15 is 0 Å². The van der Waals surface area contributed by atoms with Crippen molar-refractivity contribution in [2.75, 3.05) is 20.4 Å². The molecule has 0 aliphatic heterocycles. The largest absolute Gasteiger partial charge is 0.497 e. The van der Waals surface area contributed by atoms with Gasteiger partial charge in [0.2, 0.25) is 12.3 Å². The number of methoxy groups -OCH3 is 1. The van der Waals surface area contributed by atoms with Gasteiger partial charge >= 0.3 is 23.9 Å². The number of unbranched alkanes of at least 4 members (excludes halogenated alkanes) is 2. The Labute approximate surface area is 345 Å². The molecule has 3 unspecified atom stereocenters. The number of carbonyl (C=O) groups excluding carboxylic acids is 5. The molecule has 1 aromatic heterocycles. The molecule has 0 bridgehead atoms. The fourth-order valence-corrected chi connectivity index (χ4v) is 6.18. The van der Waals surface area contributed by atoms with Gasteiger partial charge in [0, 0.05) is 5.56 Å². The fourth-order valence-electron chi connectivity index (χ4n) is 6.18. The zero-order valence-electron chi connectivity index (χ0n) is 33.9. The van der Waals surface area contributed by atoms with Crippen LogP contribution in [0.3, 0.4) is 0 Å². The SMILES string of the molecule is CCCCCC(C(=O)NCNC(=O)c1ccc(-c2ccc(C(=O)NC(CC(=O)O)C(=O)O)c(OCC(=O)O)c2)o1)C(CC)N(C=O)OC(=O)c1ccc(OC)cc1C(C)C. The van der Waals surface area contributed by atoms with Crippen molar-refractivity contribution in [3.05, 3.63) is 71.0 Å². The van der Waals surface area contributed by atoms with Gasteiger partial charge in [-0.1, -0.05) is 53.0 Å². The maximum absolute atomic E-state index is 13.7. The molecule has 0 saturated heterocycles. The summed E-state index contributed by atoms with van der Waals surface area (Å²) in [6.45, 7) is 6.29. The van der Waals surface area contributed by atoms with E-state index in [1.165, 1.54) is 37.4 Å². The summed E-state index contributed by atoms with van der Waals surface area (Å²) in [6.07, 6.45) is 2.31. The van der Waals surface area contributed by atoms with Gasteiger partial charge in [0.25, 0.3) is 11.8 Å². The molecule has 324 valence electrons. The minimum atomic E-state index is -1.79. The van der Waals surface area contributed by atoms with Crippen LogP contribution in [0.4, 0.5) is 0 Å². The summed E-state index contributed by atoms with van der Waals surface area (Å²) in [4.78, 5) is 105. The van der Waals surface area contributed by atoms with Gasteiger partial charge in [-0.15, -0.1) is 0 Å². The number of aliphatic carboxylic acids is 3. The summed E-state index contributed by atoms with van der Waals surface area (Å²) in [5.74, 6) is -8.36. The quantitative estimate of drug-likeness (QED) is 0.0302. The number of benzene rings is 2. The Kier molecular flexibility index (Phi) is 18.1. The average Bonchev–Trinajstić information content (AvgIpc) is 3.72. The van der Waals surface area contributed by atoms with Crippen molar-refractivity contribution in [1.82, 2.24) is 21.0 Å². The van der Waals surface area contributed by atoms with Crippen LogP contribution in [0.15, 0.2) is 52.9 Å². The van der Waals surface area contributed by atoms with Crippen LogP contribution in [0, 0.1) is 5.92 Å². The van der Waals surface area contributed by atoms with Gasteiger partial charge in [-0.05, 0) is 66.8 Å². The van der Waals surface area contributed by atoms with E-state index in [9.17, 15) is 43.5 Å². The summed E-state index contributed by atoms with van der Waals surface area (Å²) >= 11 is 0. The van der Waals surface area contributed by atoms with E-state index in [1.807, 2.05) is 20.8 Å². The van der Waals surface area contributed by atoms with E-state index in [1.54, 1.807) is 25.1 Å². The van der Waals surface area contributed by atoms with Crippen LogP contribution in [0.2, 0.25) is 0 Å². The Morgan fingerprint density at radius 3 is 2.18 bits per heavy atom. The summed E-state index contributed by atoms with van der Waals surface area (Å²) < 4.78 is 16.2. The van der Waals surface area contributed by atoms with Crippen LogP contribution in [0.1, 0.15) is 109 Å². The number of rotatable bonds is 25. The first kappa shape index (κ1) is 47.5. The maximum atomic E-state index is 13.7. The second-order valence-electron chi connectivity index (χ2n) is 13.8. The highest BCUT2D eigenvalue weighted by Crippen LogP contribution is 2.30. The molecule has 60 heavy (non-hydrogen) atoms. The third-order valence-electron chi connectivity index (χ3n) is 9.24. The number of nitrogens with one attached hydrogen (secondary N) is 3. The summed E-state index contributed by atoms with van der Waals surface area (Å²) in [5.41, 5.74) is 0.797. The molecule has 19 nitrogen and oxygen atoms in total. The number of hydrogen-bond donors (Lipinski definition) is 6. The fraction of sp³-hybridized carbons (Fsp3) is 0.415. The van der Waals surface area contributed by atoms with Gasteiger partial charge in [0.15, 0.2) is 12.4 Å². The van der Waals surface area contributed by atoms with Crippen molar-refractivity contribution >= 4 is 48.0 Å². The monoisotopic (exact) mass is 838 g/mol. The van der Waals surface area contributed by atoms with Crippen molar-refractivity contribution < 1.29 is 72.4 Å². The van der Waals surface area contributed by atoms with Crippen molar-refractivity contribution in [2.24, 2.45) is 5.92 Å². The highest BCUT2D eigenvalue weighted by Gasteiger charge is 2.34. The van der Waals surface area contributed by atoms with E-state index in [-0.39, 0.29) is 53.0 Å². The van der Waals surface area contributed by atoms with Crippen LogP contribution in [0.25, 0.3) is 11.3 Å². The van der Waals surface area contributed by atoms with Gasteiger partial charge in [-0.25, -0.2) is 14.4 Å². The summed E-state index contributed by atoms with van der Waals surface area (Å²) in [7, 11) is 1.51. The first-order valence-electron chi connectivity index (χ1n) is 19.1. The molecule has 4 amide bonds. The van der Waals surface area contributed by atoms with Gasteiger partial charge < -0.3 is 50.0 Å². The lowest BCUT2D eigenvalue weighted by Gasteiger charge is -2.32. The molecule has 3 atom stereocenters.